The molecule has 1 aromatic carbocycles. The number of halogens is 4. The molecule has 1 aromatic heterocycles. The van der Waals surface area contributed by atoms with E-state index in [-0.39, 0.29) is 17.3 Å². The number of benzene rings is 1. The van der Waals surface area contributed by atoms with Crippen LogP contribution in [-0.4, -0.2) is 66.0 Å². The number of aryl methyl sites for hydroxylation is 1. The third-order valence-corrected chi connectivity index (χ3v) is 5.49. The Hall–Kier alpha value is -4.43. The van der Waals surface area contributed by atoms with E-state index in [1.807, 2.05) is 18.0 Å². The van der Waals surface area contributed by atoms with Crippen molar-refractivity contribution in [1.82, 2.24) is 25.3 Å². The summed E-state index contributed by atoms with van der Waals surface area (Å²) in [5.41, 5.74) is 0.978. The fourth-order valence-corrected chi connectivity index (χ4v) is 3.47. The van der Waals surface area contributed by atoms with Crippen molar-refractivity contribution < 1.29 is 36.6 Å². The van der Waals surface area contributed by atoms with Crippen molar-refractivity contribution in [3.63, 3.8) is 0 Å². The highest BCUT2D eigenvalue weighted by atomic mass is 19.3. The predicted molar refractivity (Wildman–Crippen MR) is 124 cm³/mol. The maximum Gasteiger partial charge on any atom is 0.507 e. The molecule has 0 fully saturated rings. The van der Waals surface area contributed by atoms with Crippen LogP contribution in [0.4, 0.5) is 33.9 Å². The topological polar surface area (TPSA) is 122 Å². The number of aromatic nitrogens is 2. The average Bonchev–Trinajstić information content (AvgIpc) is 3.20. The molecular weight excluding hydrogens is 502 g/mol. The normalized spacial score (nSPS) is 17.3. The number of urea groups is 1. The van der Waals surface area contributed by atoms with Gasteiger partial charge in [-0.15, -0.1) is 0 Å². The molecule has 0 atom stereocenters. The van der Waals surface area contributed by atoms with E-state index < -0.39 is 29.6 Å². The molecule has 0 bridgehead atoms. The Labute approximate surface area is 208 Å². The fraction of sp³-hybridized carbons (Fsp3) is 0.318. The minimum absolute atomic E-state index is 0.00838. The zero-order valence-electron chi connectivity index (χ0n) is 19.9. The Morgan fingerprint density at radius 2 is 1.78 bits per heavy atom. The molecule has 0 spiro atoms. The third kappa shape index (κ3) is 5.24. The van der Waals surface area contributed by atoms with Gasteiger partial charge in [0.2, 0.25) is 0 Å². The molecule has 3 amide bonds. The molecular formula is C22H23F4N7O4. The van der Waals surface area contributed by atoms with Crippen LogP contribution in [0.15, 0.2) is 47.9 Å². The second-order valence-electron chi connectivity index (χ2n) is 8.13. The fourth-order valence-electron chi connectivity index (χ4n) is 3.47. The first-order chi connectivity index (χ1) is 17.4. The van der Waals surface area contributed by atoms with Gasteiger partial charge in [0.15, 0.2) is 11.5 Å². The van der Waals surface area contributed by atoms with Gasteiger partial charge in [-0.05, 0) is 23.8 Å². The summed E-state index contributed by atoms with van der Waals surface area (Å²) in [6.45, 7) is 0.834. The van der Waals surface area contributed by atoms with Crippen molar-refractivity contribution in [3.05, 3.63) is 53.5 Å². The molecule has 0 saturated carbocycles. The third-order valence-electron chi connectivity index (χ3n) is 5.49. The predicted octanol–water partition coefficient (Wildman–Crippen LogP) is 2.68. The van der Waals surface area contributed by atoms with Gasteiger partial charge in [0.25, 0.3) is 5.91 Å². The number of hydrogen-bond acceptors (Lipinski definition) is 7. The highest BCUT2D eigenvalue weighted by Crippen LogP contribution is 2.47. The number of fused-ring (bicyclic) bond motifs is 1. The molecule has 0 unspecified atom stereocenters. The Balaban J connectivity index is 1.46. The van der Waals surface area contributed by atoms with E-state index in [1.165, 1.54) is 24.0 Å². The number of ether oxygens (including phenoxy) is 2. The maximum absolute atomic E-state index is 13.5. The van der Waals surface area contributed by atoms with Gasteiger partial charge in [0.05, 0.1) is 6.20 Å². The van der Waals surface area contributed by atoms with Crippen LogP contribution in [0.2, 0.25) is 0 Å². The van der Waals surface area contributed by atoms with Gasteiger partial charge in [-0.1, -0.05) is 6.08 Å². The number of amides is 3. The van der Waals surface area contributed by atoms with Gasteiger partial charge in [-0.2, -0.15) is 22.7 Å². The van der Waals surface area contributed by atoms with Crippen LogP contribution in [0.1, 0.15) is 10.4 Å². The Morgan fingerprint density at radius 3 is 2.49 bits per heavy atom. The molecule has 0 radical (unpaired) electrons. The minimum atomic E-state index is -4.88. The number of nitrogens with zero attached hydrogens (tertiary/aromatic N) is 3. The monoisotopic (exact) mass is 525 g/mol. The van der Waals surface area contributed by atoms with Crippen molar-refractivity contribution in [2.24, 2.45) is 7.05 Å². The summed E-state index contributed by atoms with van der Waals surface area (Å²) >= 11 is 0. The smallest absolute Gasteiger partial charge is 0.421 e. The molecule has 0 saturated heterocycles. The van der Waals surface area contributed by atoms with E-state index in [2.05, 4.69) is 35.8 Å². The first kappa shape index (κ1) is 25.7. The van der Waals surface area contributed by atoms with Crippen LogP contribution < -0.4 is 30.7 Å². The molecule has 4 rings (SSSR count). The zero-order valence-corrected chi connectivity index (χ0v) is 19.9. The van der Waals surface area contributed by atoms with Crippen LogP contribution in [-0.2, 0) is 7.05 Å². The second-order valence-corrected chi connectivity index (χ2v) is 8.13. The Morgan fingerprint density at radius 1 is 1.08 bits per heavy atom. The summed E-state index contributed by atoms with van der Waals surface area (Å²) in [4.78, 5) is 26.4. The number of hydrogen-bond donors (Lipinski definition) is 4. The first-order valence-electron chi connectivity index (χ1n) is 10.9. The summed E-state index contributed by atoms with van der Waals surface area (Å²) in [6, 6.07) is 2.78. The second kappa shape index (κ2) is 9.55. The van der Waals surface area contributed by atoms with Gasteiger partial charge < -0.3 is 30.3 Å². The van der Waals surface area contributed by atoms with Gasteiger partial charge in [-0.3, -0.25) is 14.8 Å². The molecule has 4 N–H and O–H groups in total. The minimum Gasteiger partial charge on any atom is -0.421 e. The van der Waals surface area contributed by atoms with Gasteiger partial charge in [-0.25, -0.2) is 4.79 Å². The first-order valence-corrected chi connectivity index (χ1v) is 10.9. The molecule has 37 heavy (non-hydrogen) atoms. The van der Waals surface area contributed by atoms with Crippen molar-refractivity contribution in [3.8, 4) is 11.5 Å². The number of nitrogens with one attached hydrogen (secondary N) is 4. The molecule has 3 heterocycles. The van der Waals surface area contributed by atoms with Crippen LogP contribution in [0, 0.1) is 0 Å². The van der Waals surface area contributed by atoms with Crippen molar-refractivity contribution in [2.75, 3.05) is 37.8 Å². The lowest BCUT2D eigenvalue weighted by atomic mass is 10.1. The van der Waals surface area contributed by atoms with Crippen LogP contribution >= 0.6 is 0 Å². The summed E-state index contributed by atoms with van der Waals surface area (Å²) in [5, 5.41) is 14.9. The SMILES string of the molecule is CNC(=O)NC1=CC(CNc2c(C(=O)Nc3ccc4c(c3)OC(F)(F)C(F)(F)O4)cnn2C)=CCN1C. The van der Waals surface area contributed by atoms with Crippen LogP contribution in [0.5, 0.6) is 11.5 Å². The summed E-state index contributed by atoms with van der Waals surface area (Å²) < 4.78 is 63.3. The Bertz CT molecular complexity index is 1290. The average molecular weight is 525 g/mol. The highest BCUT2D eigenvalue weighted by Gasteiger charge is 2.65. The lowest BCUT2D eigenvalue weighted by Crippen LogP contribution is -2.52. The number of alkyl halides is 4. The number of carbonyl (C=O) groups excluding carboxylic acids is 2. The standard InChI is InChI=1S/C22H23F4N7O4/c1-27-20(35)31-17-8-12(6-7-32(17)2)10-28-18-14(11-29-33(18)3)19(34)30-13-4-5-15-16(9-13)37-22(25,26)21(23,24)36-15/h4-6,8-9,11,28H,7,10H2,1-3H3,(H,30,34)(H2,27,31,35). The summed E-state index contributed by atoms with van der Waals surface area (Å²) in [5.74, 6) is -0.944. The van der Waals surface area contributed by atoms with E-state index >= 15 is 0 Å². The number of rotatable bonds is 6. The van der Waals surface area contributed by atoms with Crippen molar-refractivity contribution in [2.45, 2.75) is 12.2 Å². The quantitative estimate of drug-likeness (QED) is 0.428. The molecule has 2 aromatic rings. The lowest BCUT2D eigenvalue weighted by Gasteiger charge is -2.31. The van der Waals surface area contributed by atoms with Crippen molar-refractivity contribution >= 4 is 23.4 Å². The van der Waals surface area contributed by atoms with E-state index in [0.717, 1.165) is 17.7 Å². The highest BCUT2D eigenvalue weighted by molar-refractivity contribution is 6.07. The maximum atomic E-state index is 13.5. The summed E-state index contributed by atoms with van der Waals surface area (Å²) in [7, 11) is 4.93. The van der Waals surface area contributed by atoms with E-state index in [0.29, 0.717) is 24.7 Å². The number of likely N-dealkylation sites (N-methyl/N-ethyl adjacent to an activating group) is 1. The molecule has 2 aliphatic heterocycles. The van der Waals surface area contributed by atoms with Gasteiger partial charge in [0.1, 0.15) is 17.2 Å². The number of carbonyl (C=O) groups is 2. The molecule has 11 nitrogen and oxygen atoms in total. The summed E-state index contributed by atoms with van der Waals surface area (Å²) in [6.07, 6.45) is -4.70. The van der Waals surface area contributed by atoms with E-state index in [4.69, 9.17) is 0 Å². The zero-order chi connectivity index (χ0) is 27.0. The number of anilines is 2. The van der Waals surface area contributed by atoms with Crippen LogP contribution in [0.25, 0.3) is 0 Å². The molecule has 0 aliphatic carbocycles. The van der Waals surface area contributed by atoms with Gasteiger partial charge in [0, 0.05) is 46.0 Å². The Kier molecular flexibility index (Phi) is 6.62. The molecule has 2 aliphatic rings. The van der Waals surface area contributed by atoms with Gasteiger partial charge >= 0.3 is 18.2 Å². The van der Waals surface area contributed by atoms with E-state index in [9.17, 15) is 27.2 Å². The largest absolute Gasteiger partial charge is 0.507 e. The molecule has 15 heteroatoms. The van der Waals surface area contributed by atoms with E-state index in [1.54, 1.807) is 13.1 Å². The van der Waals surface area contributed by atoms with Crippen molar-refractivity contribution in [1.29, 1.82) is 0 Å². The molecule has 198 valence electrons. The van der Waals surface area contributed by atoms with Crippen LogP contribution in [0.3, 0.4) is 0 Å². The lowest BCUT2D eigenvalue weighted by molar-refractivity contribution is -0.391.